The van der Waals surface area contributed by atoms with Gasteiger partial charge in [-0.2, -0.15) is 0 Å². The van der Waals surface area contributed by atoms with Gasteiger partial charge < -0.3 is 10.1 Å². The lowest BCUT2D eigenvalue weighted by Gasteiger charge is -2.07. The number of anilines is 1. The molecule has 0 aromatic carbocycles. The number of carbonyl (C=O) groups excluding carboxylic acids is 1. The van der Waals surface area contributed by atoms with Crippen molar-refractivity contribution in [3.63, 3.8) is 0 Å². The van der Waals surface area contributed by atoms with E-state index in [0.717, 1.165) is 11.5 Å². The quantitative estimate of drug-likeness (QED) is 0.757. The lowest BCUT2D eigenvalue weighted by Crippen LogP contribution is -2.16. The lowest BCUT2D eigenvalue weighted by molar-refractivity contribution is -0.138. The number of rotatable bonds is 3. The molecule has 0 aliphatic carbocycles. The van der Waals surface area contributed by atoms with Gasteiger partial charge in [0.25, 0.3) is 0 Å². The van der Waals surface area contributed by atoms with Crippen LogP contribution < -0.4 is 5.32 Å². The van der Waals surface area contributed by atoms with E-state index in [4.69, 9.17) is 0 Å². The summed E-state index contributed by atoms with van der Waals surface area (Å²) in [5.41, 5.74) is 0.838. The highest BCUT2D eigenvalue weighted by Gasteiger charge is 2.02. The van der Waals surface area contributed by atoms with Crippen molar-refractivity contribution < 1.29 is 9.53 Å². The van der Waals surface area contributed by atoms with E-state index in [-0.39, 0.29) is 12.5 Å². The fourth-order valence-corrected chi connectivity index (χ4v) is 1.33. The third kappa shape index (κ3) is 1.90. The minimum absolute atomic E-state index is 0.147. The molecule has 0 amide bonds. The average molecular weight is 205 g/mol. The fraction of sp³-hybridized carbons (Fsp3) is 0.200. The molecule has 15 heavy (non-hydrogen) atoms. The van der Waals surface area contributed by atoms with Crippen LogP contribution in [-0.4, -0.2) is 29.0 Å². The van der Waals surface area contributed by atoms with E-state index >= 15 is 0 Å². The average Bonchev–Trinajstić information content (AvgIpc) is 2.74. The summed E-state index contributed by atoms with van der Waals surface area (Å²) in [5.74, 6) is 0.516. The van der Waals surface area contributed by atoms with Crippen LogP contribution in [0.25, 0.3) is 5.65 Å². The smallest absolute Gasteiger partial charge is 0.325 e. The standard InChI is InChI=1S/C10H11N3O2/c1-15-10(14)7-12-9-4-2-3-8-11-5-6-13(8)9/h2-6,12H,7H2,1H3. The van der Waals surface area contributed by atoms with Gasteiger partial charge in [0.1, 0.15) is 18.0 Å². The Kier molecular flexibility index (Phi) is 2.53. The second kappa shape index (κ2) is 4.00. The Morgan fingerprint density at radius 3 is 3.27 bits per heavy atom. The summed E-state index contributed by atoms with van der Waals surface area (Å²) in [6.07, 6.45) is 3.54. The van der Waals surface area contributed by atoms with Gasteiger partial charge in [-0.15, -0.1) is 0 Å². The number of fused-ring (bicyclic) bond motifs is 1. The molecule has 1 N–H and O–H groups in total. The second-order valence-electron chi connectivity index (χ2n) is 3.00. The van der Waals surface area contributed by atoms with Gasteiger partial charge in [0.05, 0.1) is 7.11 Å². The molecule has 0 atom stereocenters. The van der Waals surface area contributed by atoms with Crippen LogP contribution in [0.5, 0.6) is 0 Å². The summed E-state index contributed by atoms with van der Waals surface area (Å²) in [6, 6.07) is 5.64. The predicted molar refractivity (Wildman–Crippen MR) is 55.7 cm³/mol. The van der Waals surface area contributed by atoms with Gasteiger partial charge in [0, 0.05) is 12.4 Å². The number of esters is 1. The highest BCUT2D eigenvalue weighted by molar-refractivity contribution is 5.74. The first-order valence-corrected chi connectivity index (χ1v) is 4.54. The molecule has 0 bridgehead atoms. The monoisotopic (exact) mass is 205 g/mol. The van der Waals surface area contributed by atoms with Gasteiger partial charge in [-0.1, -0.05) is 6.07 Å². The number of aromatic nitrogens is 2. The molecule has 2 rings (SSSR count). The van der Waals surface area contributed by atoms with Crippen LogP contribution in [0.2, 0.25) is 0 Å². The molecule has 0 radical (unpaired) electrons. The van der Waals surface area contributed by atoms with Crippen molar-refractivity contribution >= 4 is 17.4 Å². The zero-order chi connectivity index (χ0) is 10.7. The molecule has 5 heteroatoms. The van der Waals surface area contributed by atoms with Crippen LogP contribution in [0.1, 0.15) is 0 Å². The number of pyridine rings is 1. The van der Waals surface area contributed by atoms with Gasteiger partial charge in [0.15, 0.2) is 0 Å². The van der Waals surface area contributed by atoms with Gasteiger partial charge in [0.2, 0.25) is 0 Å². The number of imidazole rings is 1. The molecule has 2 heterocycles. The molecule has 2 aromatic heterocycles. The van der Waals surface area contributed by atoms with Crippen LogP contribution in [-0.2, 0) is 9.53 Å². The molecule has 2 aromatic rings. The number of nitrogens with zero attached hydrogens (tertiary/aromatic N) is 2. The third-order valence-corrected chi connectivity index (χ3v) is 2.07. The Hall–Kier alpha value is -2.04. The second-order valence-corrected chi connectivity index (χ2v) is 3.00. The van der Waals surface area contributed by atoms with Gasteiger partial charge in [-0.25, -0.2) is 4.98 Å². The topological polar surface area (TPSA) is 55.6 Å². The number of carbonyl (C=O) groups is 1. The van der Waals surface area contributed by atoms with E-state index in [1.165, 1.54) is 7.11 Å². The molecule has 0 aliphatic heterocycles. The Labute approximate surface area is 86.7 Å². The van der Waals surface area contributed by atoms with E-state index in [1.54, 1.807) is 6.20 Å². The Bertz CT molecular complexity index is 478. The third-order valence-electron chi connectivity index (χ3n) is 2.07. The van der Waals surface area contributed by atoms with Gasteiger partial charge in [-0.05, 0) is 12.1 Å². The van der Waals surface area contributed by atoms with E-state index in [9.17, 15) is 4.79 Å². The van der Waals surface area contributed by atoms with E-state index in [1.807, 2.05) is 28.8 Å². The Morgan fingerprint density at radius 2 is 2.47 bits per heavy atom. The molecular formula is C10H11N3O2. The number of ether oxygens (including phenoxy) is 1. The lowest BCUT2D eigenvalue weighted by atomic mass is 10.4. The van der Waals surface area contributed by atoms with Gasteiger partial charge in [-0.3, -0.25) is 9.20 Å². The number of hydrogen-bond acceptors (Lipinski definition) is 4. The minimum Gasteiger partial charge on any atom is -0.468 e. The van der Waals surface area contributed by atoms with Crippen molar-refractivity contribution in [1.29, 1.82) is 0 Å². The van der Waals surface area contributed by atoms with Crippen LogP contribution in [0, 0.1) is 0 Å². The Morgan fingerprint density at radius 1 is 1.60 bits per heavy atom. The molecule has 5 nitrogen and oxygen atoms in total. The number of methoxy groups -OCH3 is 1. The SMILES string of the molecule is COC(=O)CNc1cccc2nccn12. The van der Waals surface area contributed by atoms with Crippen molar-refractivity contribution in [1.82, 2.24) is 9.38 Å². The maximum absolute atomic E-state index is 10.9. The predicted octanol–water partition coefficient (Wildman–Crippen LogP) is 0.919. The summed E-state index contributed by atoms with van der Waals surface area (Å²) >= 11 is 0. The molecular weight excluding hydrogens is 194 g/mol. The maximum Gasteiger partial charge on any atom is 0.325 e. The largest absolute Gasteiger partial charge is 0.468 e. The first-order chi connectivity index (χ1) is 7.31. The fourth-order valence-electron chi connectivity index (χ4n) is 1.33. The summed E-state index contributed by atoms with van der Waals surface area (Å²) in [5, 5.41) is 2.97. The highest BCUT2D eigenvalue weighted by atomic mass is 16.5. The van der Waals surface area contributed by atoms with Crippen LogP contribution in [0.3, 0.4) is 0 Å². The molecule has 0 saturated heterocycles. The van der Waals surface area contributed by atoms with Crippen LogP contribution >= 0.6 is 0 Å². The molecule has 0 saturated carbocycles. The Balaban J connectivity index is 2.20. The molecule has 0 unspecified atom stereocenters. The van der Waals surface area contributed by atoms with Crippen LogP contribution in [0.4, 0.5) is 5.82 Å². The molecule has 0 fully saturated rings. The van der Waals surface area contributed by atoms with E-state index < -0.39 is 0 Å². The first kappa shape index (κ1) is 9.51. The highest BCUT2D eigenvalue weighted by Crippen LogP contribution is 2.10. The van der Waals surface area contributed by atoms with Crippen molar-refractivity contribution in [2.24, 2.45) is 0 Å². The number of hydrogen-bond donors (Lipinski definition) is 1. The van der Waals surface area contributed by atoms with Crippen molar-refractivity contribution in [3.05, 3.63) is 30.6 Å². The summed E-state index contributed by atoms with van der Waals surface area (Å²) < 4.78 is 6.40. The van der Waals surface area contributed by atoms with Crippen molar-refractivity contribution in [2.75, 3.05) is 19.0 Å². The molecule has 0 aliphatic rings. The minimum atomic E-state index is -0.299. The summed E-state index contributed by atoms with van der Waals surface area (Å²) in [7, 11) is 1.36. The van der Waals surface area contributed by atoms with Crippen molar-refractivity contribution in [2.45, 2.75) is 0 Å². The zero-order valence-corrected chi connectivity index (χ0v) is 8.30. The van der Waals surface area contributed by atoms with E-state index in [2.05, 4.69) is 15.0 Å². The normalized spacial score (nSPS) is 10.2. The maximum atomic E-state index is 10.9. The molecule has 0 spiro atoms. The molecule has 78 valence electrons. The first-order valence-electron chi connectivity index (χ1n) is 4.54. The zero-order valence-electron chi connectivity index (χ0n) is 8.30. The van der Waals surface area contributed by atoms with Crippen LogP contribution in [0.15, 0.2) is 30.6 Å². The van der Waals surface area contributed by atoms with Gasteiger partial charge >= 0.3 is 5.97 Å². The summed E-state index contributed by atoms with van der Waals surface area (Å²) in [4.78, 5) is 15.1. The number of nitrogens with one attached hydrogen (secondary N) is 1. The summed E-state index contributed by atoms with van der Waals surface area (Å²) in [6.45, 7) is 0.147. The van der Waals surface area contributed by atoms with E-state index in [0.29, 0.717) is 0 Å². The van der Waals surface area contributed by atoms with Crippen molar-refractivity contribution in [3.8, 4) is 0 Å².